The number of rotatable bonds is 9. The fourth-order valence-electron chi connectivity index (χ4n) is 3.09. The highest BCUT2D eigenvalue weighted by atomic mass is 35.5. The van der Waals surface area contributed by atoms with Crippen molar-refractivity contribution in [3.8, 4) is 0 Å². The molecule has 1 N–H and O–H groups in total. The first kappa shape index (κ1) is 25.0. The third-order valence-electron chi connectivity index (χ3n) is 4.75. The molecule has 7 nitrogen and oxygen atoms in total. The summed E-state index contributed by atoms with van der Waals surface area (Å²) >= 11 is 18.1. The van der Waals surface area contributed by atoms with Crippen molar-refractivity contribution in [2.24, 2.45) is 0 Å². The van der Waals surface area contributed by atoms with E-state index in [-0.39, 0.29) is 26.5 Å². The SMILES string of the molecule is CN(C)CCCNc1nc(CN(C)S(=O)(=O)c2cc(Cl)c(Cl)cc2Cl)nc2ccccc12. The molecule has 1 heterocycles. The Bertz CT molecular complexity index is 1220. The average molecular weight is 517 g/mol. The number of para-hydroxylation sites is 1. The van der Waals surface area contributed by atoms with E-state index in [1.54, 1.807) is 0 Å². The molecule has 0 fully saturated rings. The number of sulfonamides is 1. The smallest absolute Gasteiger partial charge is 0.244 e. The van der Waals surface area contributed by atoms with E-state index in [1.165, 1.54) is 19.2 Å². The molecule has 0 saturated carbocycles. The summed E-state index contributed by atoms with van der Waals surface area (Å²) in [5.41, 5.74) is 0.728. The average Bonchev–Trinajstić information content (AvgIpc) is 2.73. The van der Waals surface area contributed by atoms with Crippen LogP contribution in [-0.2, 0) is 16.6 Å². The second-order valence-corrected chi connectivity index (χ2v) is 10.8. The van der Waals surface area contributed by atoms with Crippen LogP contribution in [0, 0.1) is 0 Å². The van der Waals surface area contributed by atoms with Gasteiger partial charge in [-0.1, -0.05) is 46.9 Å². The number of fused-ring (bicyclic) bond motifs is 1. The lowest BCUT2D eigenvalue weighted by molar-refractivity contribution is 0.405. The second-order valence-electron chi connectivity index (χ2n) is 7.55. The Kier molecular flexibility index (Phi) is 8.19. The Morgan fingerprint density at radius 3 is 2.38 bits per heavy atom. The summed E-state index contributed by atoms with van der Waals surface area (Å²) in [6.45, 7) is 1.62. The number of anilines is 1. The summed E-state index contributed by atoms with van der Waals surface area (Å²) in [7, 11) is 1.53. The van der Waals surface area contributed by atoms with Crippen molar-refractivity contribution in [3.63, 3.8) is 0 Å². The molecule has 11 heteroatoms. The van der Waals surface area contributed by atoms with Crippen LogP contribution in [0.2, 0.25) is 15.1 Å². The van der Waals surface area contributed by atoms with Crippen LogP contribution in [0.1, 0.15) is 12.2 Å². The minimum atomic E-state index is -3.95. The first-order valence-corrected chi connectivity index (χ1v) is 12.4. The number of hydrogen-bond donors (Lipinski definition) is 1. The number of nitrogens with one attached hydrogen (secondary N) is 1. The summed E-state index contributed by atoms with van der Waals surface area (Å²) in [6, 6.07) is 10.2. The monoisotopic (exact) mass is 515 g/mol. The predicted octanol–water partition coefficient (Wildman–Crippen LogP) is 4.77. The van der Waals surface area contributed by atoms with Gasteiger partial charge in [0.15, 0.2) is 0 Å². The number of nitrogens with zero attached hydrogens (tertiary/aromatic N) is 4. The molecule has 0 bridgehead atoms. The van der Waals surface area contributed by atoms with Crippen LogP contribution in [-0.4, -0.2) is 61.8 Å². The normalized spacial score (nSPS) is 12.1. The summed E-state index contributed by atoms with van der Waals surface area (Å²) in [5.74, 6) is 1.03. The van der Waals surface area contributed by atoms with E-state index < -0.39 is 10.0 Å². The van der Waals surface area contributed by atoms with Gasteiger partial charge in [-0.25, -0.2) is 18.4 Å². The third-order valence-corrected chi connectivity index (χ3v) is 7.74. The lowest BCUT2D eigenvalue weighted by Gasteiger charge is -2.19. The molecule has 3 rings (SSSR count). The van der Waals surface area contributed by atoms with Crippen LogP contribution in [0.5, 0.6) is 0 Å². The molecule has 2 aromatic carbocycles. The standard InChI is InChI=1S/C21H24Cl3N5O2S/c1-28(2)10-6-9-25-21-14-7-4-5-8-18(14)26-20(27-21)13-29(3)32(30,31)19-12-16(23)15(22)11-17(19)24/h4-5,7-8,11-12H,6,9-10,13H2,1-3H3,(H,25,26,27). The van der Waals surface area contributed by atoms with Crippen LogP contribution in [0.4, 0.5) is 5.82 Å². The van der Waals surface area contributed by atoms with Gasteiger partial charge >= 0.3 is 0 Å². The number of hydrogen-bond acceptors (Lipinski definition) is 6. The minimum Gasteiger partial charge on any atom is -0.369 e. The fourth-order valence-corrected chi connectivity index (χ4v) is 5.18. The molecule has 0 aliphatic carbocycles. The zero-order valence-electron chi connectivity index (χ0n) is 17.9. The fraction of sp³-hybridized carbons (Fsp3) is 0.333. The zero-order valence-corrected chi connectivity index (χ0v) is 21.0. The van der Waals surface area contributed by atoms with Crippen molar-refractivity contribution < 1.29 is 8.42 Å². The molecule has 1 aromatic heterocycles. The molecule has 0 spiro atoms. The van der Waals surface area contributed by atoms with Gasteiger partial charge in [-0.3, -0.25) is 0 Å². The third kappa shape index (κ3) is 5.81. The minimum absolute atomic E-state index is 0.00562. The first-order valence-electron chi connectivity index (χ1n) is 9.84. The van der Waals surface area contributed by atoms with Crippen LogP contribution in [0.25, 0.3) is 10.9 Å². The topological polar surface area (TPSA) is 78.4 Å². The molecule has 3 aromatic rings. The van der Waals surface area contributed by atoms with Crippen LogP contribution in [0.15, 0.2) is 41.3 Å². The van der Waals surface area contributed by atoms with Crippen molar-refractivity contribution in [3.05, 3.63) is 57.3 Å². The number of halogens is 3. The van der Waals surface area contributed by atoms with E-state index in [0.717, 1.165) is 34.7 Å². The molecule has 0 unspecified atom stereocenters. The van der Waals surface area contributed by atoms with E-state index >= 15 is 0 Å². The molecular formula is C21H24Cl3N5O2S. The largest absolute Gasteiger partial charge is 0.369 e. The van der Waals surface area contributed by atoms with Crippen molar-refractivity contribution >= 4 is 61.5 Å². The molecule has 0 atom stereocenters. The Morgan fingerprint density at radius 2 is 1.66 bits per heavy atom. The highest BCUT2D eigenvalue weighted by molar-refractivity contribution is 7.89. The Balaban J connectivity index is 1.88. The van der Waals surface area contributed by atoms with Gasteiger partial charge in [0.25, 0.3) is 0 Å². The summed E-state index contributed by atoms with van der Waals surface area (Å²) in [6.07, 6.45) is 0.935. The maximum atomic E-state index is 13.1. The molecule has 0 aliphatic rings. The number of benzene rings is 2. The van der Waals surface area contributed by atoms with E-state index in [2.05, 4.69) is 20.2 Å². The summed E-state index contributed by atoms with van der Waals surface area (Å²) in [4.78, 5) is 11.1. The van der Waals surface area contributed by atoms with Crippen LogP contribution < -0.4 is 5.32 Å². The van der Waals surface area contributed by atoms with Gasteiger partial charge in [0, 0.05) is 19.0 Å². The maximum absolute atomic E-state index is 13.1. The maximum Gasteiger partial charge on any atom is 0.244 e. The summed E-state index contributed by atoms with van der Waals surface area (Å²) < 4.78 is 27.4. The van der Waals surface area contributed by atoms with E-state index in [1.807, 2.05) is 38.4 Å². The molecule has 0 aliphatic heterocycles. The van der Waals surface area contributed by atoms with Crippen molar-refractivity contribution in [1.29, 1.82) is 0 Å². The zero-order chi connectivity index (χ0) is 23.5. The Morgan fingerprint density at radius 1 is 0.969 bits per heavy atom. The van der Waals surface area contributed by atoms with Crippen molar-refractivity contribution in [2.75, 3.05) is 39.5 Å². The molecule has 0 amide bonds. The van der Waals surface area contributed by atoms with E-state index in [4.69, 9.17) is 34.8 Å². The van der Waals surface area contributed by atoms with Crippen molar-refractivity contribution in [2.45, 2.75) is 17.9 Å². The lowest BCUT2D eigenvalue weighted by Crippen LogP contribution is -2.28. The molecule has 172 valence electrons. The van der Waals surface area contributed by atoms with Crippen molar-refractivity contribution in [1.82, 2.24) is 19.2 Å². The molecule has 0 radical (unpaired) electrons. The highest BCUT2D eigenvalue weighted by Gasteiger charge is 2.26. The molecule has 32 heavy (non-hydrogen) atoms. The summed E-state index contributed by atoms with van der Waals surface area (Å²) in [5, 5.41) is 4.51. The Hall–Kier alpha value is -1.68. The second kappa shape index (κ2) is 10.5. The predicted molar refractivity (Wildman–Crippen MR) is 131 cm³/mol. The van der Waals surface area contributed by atoms with Gasteiger partial charge in [0.2, 0.25) is 10.0 Å². The van der Waals surface area contributed by atoms with Gasteiger partial charge in [0.1, 0.15) is 16.5 Å². The molecular weight excluding hydrogens is 493 g/mol. The quantitative estimate of drug-likeness (QED) is 0.326. The van der Waals surface area contributed by atoms with Gasteiger partial charge in [-0.15, -0.1) is 0 Å². The van der Waals surface area contributed by atoms with Crippen LogP contribution >= 0.6 is 34.8 Å². The van der Waals surface area contributed by atoms with Gasteiger partial charge in [-0.05, 0) is 51.3 Å². The van der Waals surface area contributed by atoms with Gasteiger partial charge < -0.3 is 10.2 Å². The number of aromatic nitrogens is 2. The van der Waals surface area contributed by atoms with E-state index in [9.17, 15) is 8.42 Å². The highest BCUT2D eigenvalue weighted by Crippen LogP contribution is 2.33. The van der Waals surface area contributed by atoms with Crippen LogP contribution in [0.3, 0.4) is 0 Å². The molecule has 0 saturated heterocycles. The lowest BCUT2D eigenvalue weighted by atomic mass is 10.2. The van der Waals surface area contributed by atoms with Gasteiger partial charge in [0.05, 0.1) is 27.1 Å². The van der Waals surface area contributed by atoms with Gasteiger partial charge in [-0.2, -0.15) is 4.31 Å². The van der Waals surface area contributed by atoms with E-state index in [0.29, 0.717) is 11.6 Å². The first-order chi connectivity index (χ1) is 15.1. The Labute approximate surface area is 203 Å².